The molecule has 2 heterocycles. The Labute approximate surface area is 162 Å². The van der Waals surface area contributed by atoms with E-state index in [4.69, 9.17) is 4.74 Å². The number of ether oxygens (including phenoxy) is 1. The van der Waals surface area contributed by atoms with Crippen molar-refractivity contribution < 1.29 is 13.9 Å². The first-order chi connectivity index (χ1) is 13.7. The lowest BCUT2D eigenvalue weighted by Crippen LogP contribution is -2.15. The Hall–Kier alpha value is -3.47. The average Bonchev–Trinajstić information content (AvgIpc) is 3.17. The van der Waals surface area contributed by atoms with Crippen molar-refractivity contribution in [1.29, 1.82) is 0 Å². The molecule has 0 spiro atoms. The summed E-state index contributed by atoms with van der Waals surface area (Å²) in [5, 5.41) is 4.68. The van der Waals surface area contributed by atoms with Crippen LogP contribution in [0.3, 0.4) is 0 Å². The van der Waals surface area contributed by atoms with Gasteiger partial charge in [0.05, 0.1) is 23.4 Å². The summed E-state index contributed by atoms with van der Waals surface area (Å²) in [5.74, 6) is -0.754. The number of nitrogens with zero attached hydrogens (tertiary/aromatic N) is 2. The molecule has 4 aromatic rings. The summed E-state index contributed by atoms with van der Waals surface area (Å²) in [4.78, 5) is 12.9. The van der Waals surface area contributed by atoms with Crippen LogP contribution in [0.5, 0.6) is 0 Å². The molecule has 0 aliphatic rings. The second-order valence-electron chi connectivity index (χ2n) is 6.42. The van der Waals surface area contributed by atoms with Crippen LogP contribution in [0, 0.1) is 5.82 Å². The van der Waals surface area contributed by atoms with Crippen molar-refractivity contribution in [1.82, 2.24) is 9.61 Å². The van der Waals surface area contributed by atoms with Crippen LogP contribution in [0.1, 0.15) is 28.5 Å². The molecule has 140 valence electrons. The maximum absolute atomic E-state index is 13.5. The van der Waals surface area contributed by atoms with Gasteiger partial charge in [-0.15, -0.1) is 0 Å². The van der Waals surface area contributed by atoms with E-state index < -0.39 is 5.97 Å². The van der Waals surface area contributed by atoms with E-state index in [1.165, 1.54) is 12.1 Å². The van der Waals surface area contributed by atoms with E-state index in [9.17, 15) is 9.18 Å². The van der Waals surface area contributed by atoms with Crippen molar-refractivity contribution in [2.45, 2.75) is 13.3 Å². The second-order valence-corrected chi connectivity index (χ2v) is 6.42. The van der Waals surface area contributed by atoms with Crippen LogP contribution in [-0.4, -0.2) is 22.2 Å². The molecule has 2 aromatic heterocycles. The smallest absolute Gasteiger partial charge is 0.340 e. The Bertz CT molecular complexity index is 1120. The molecule has 4 nitrogen and oxygen atoms in total. The number of carbonyl (C=O) groups excluding carboxylic acids is 1. The Morgan fingerprint density at radius 3 is 2.50 bits per heavy atom. The first kappa shape index (κ1) is 17.9. The summed E-state index contributed by atoms with van der Waals surface area (Å²) in [6, 6.07) is 19.7. The Kier molecular flexibility index (Phi) is 4.89. The molecule has 0 fully saturated rings. The molecule has 0 bridgehead atoms. The van der Waals surface area contributed by atoms with Gasteiger partial charge in [0.25, 0.3) is 0 Å². The third-order valence-corrected chi connectivity index (χ3v) is 4.58. The van der Waals surface area contributed by atoms with Gasteiger partial charge < -0.3 is 4.74 Å². The predicted octanol–water partition coefficient (Wildman–Crippen LogP) is 4.91. The molecule has 0 saturated carbocycles. The Morgan fingerprint density at radius 2 is 1.79 bits per heavy atom. The van der Waals surface area contributed by atoms with Crippen LogP contribution >= 0.6 is 0 Å². The van der Waals surface area contributed by atoms with E-state index in [-0.39, 0.29) is 12.4 Å². The second kappa shape index (κ2) is 7.64. The molecule has 0 aliphatic heterocycles. The molecule has 28 heavy (non-hydrogen) atoms. The van der Waals surface area contributed by atoms with Gasteiger partial charge in [-0.2, -0.15) is 5.10 Å². The van der Waals surface area contributed by atoms with Crippen LogP contribution in [0.4, 0.5) is 4.39 Å². The van der Waals surface area contributed by atoms with Gasteiger partial charge in [0.2, 0.25) is 0 Å². The maximum atomic E-state index is 13.5. The molecular formula is C23H19FN2O2. The van der Waals surface area contributed by atoms with Crippen molar-refractivity contribution in [3.63, 3.8) is 0 Å². The van der Waals surface area contributed by atoms with Crippen molar-refractivity contribution >= 4 is 11.5 Å². The van der Waals surface area contributed by atoms with E-state index >= 15 is 0 Å². The van der Waals surface area contributed by atoms with Crippen LogP contribution < -0.4 is 0 Å². The van der Waals surface area contributed by atoms with Gasteiger partial charge in [-0.3, -0.25) is 0 Å². The van der Waals surface area contributed by atoms with Gasteiger partial charge in [-0.1, -0.05) is 42.5 Å². The number of benzene rings is 2. The fourth-order valence-corrected chi connectivity index (χ4v) is 3.35. The minimum absolute atomic E-state index is 0.263. The van der Waals surface area contributed by atoms with E-state index in [1.807, 2.05) is 48.7 Å². The number of esters is 1. The molecular weight excluding hydrogens is 355 g/mol. The highest BCUT2D eigenvalue weighted by Crippen LogP contribution is 2.32. The molecule has 0 aliphatic carbocycles. The zero-order chi connectivity index (χ0) is 19.5. The molecule has 5 heteroatoms. The summed E-state index contributed by atoms with van der Waals surface area (Å²) < 4.78 is 20.6. The number of rotatable bonds is 5. The van der Waals surface area contributed by atoms with Crippen molar-refractivity contribution in [3.05, 3.63) is 95.6 Å². The SMILES string of the molecule is CCOC(=O)c1c(Cc2ccccc2)nn2cccc2c1-c1ccc(F)cc1. The average molecular weight is 374 g/mol. The number of hydrogen-bond donors (Lipinski definition) is 0. The van der Waals surface area contributed by atoms with E-state index in [2.05, 4.69) is 5.10 Å². The van der Waals surface area contributed by atoms with Gasteiger partial charge in [0, 0.05) is 18.2 Å². The van der Waals surface area contributed by atoms with Gasteiger partial charge in [-0.05, 0) is 42.3 Å². The highest BCUT2D eigenvalue weighted by atomic mass is 19.1. The molecule has 0 atom stereocenters. The molecule has 0 radical (unpaired) electrons. The lowest BCUT2D eigenvalue weighted by atomic mass is 9.95. The zero-order valence-corrected chi connectivity index (χ0v) is 15.4. The third kappa shape index (κ3) is 3.39. The summed E-state index contributed by atoms with van der Waals surface area (Å²) in [6.45, 7) is 2.04. The standard InChI is InChI=1S/C23H19FN2O2/c1-2-28-23(27)22-19(15-16-7-4-3-5-8-16)25-26-14-6-9-20(26)21(22)17-10-12-18(24)13-11-17/h3-14H,2,15H2,1H3. The van der Waals surface area contributed by atoms with E-state index in [0.717, 1.165) is 16.6 Å². The number of halogens is 1. The van der Waals surface area contributed by atoms with Crippen molar-refractivity contribution in [2.24, 2.45) is 0 Å². The van der Waals surface area contributed by atoms with Gasteiger partial charge in [-0.25, -0.2) is 13.7 Å². The number of hydrogen-bond acceptors (Lipinski definition) is 3. The molecule has 2 aromatic carbocycles. The van der Waals surface area contributed by atoms with E-state index in [0.29, 0.717) is 23.2 Å². The predicted molar refractivity (Wildman–Crippen MR) is 106 cm³/mol. The monoisotopic (exact) mass is 374 g/mol. The van der Waals surface area contributed by atoms with Gasteiger partial charge in [0.15, 0.2) is 0 Å². The Morgan fingerprint density at radius 1 is 1.04 bits per heavy atom. The number of fused-ring (bicyclic) bond motifs is 1. The van der Waals surface area contributed by atoms with Crippen LogP contribution in [0.2, 0.25) is 0 Å². The summed E-state index contributed by atoms with van der Waals surface area (Å²) in [6.07, 6.45) is 2.32. The molecule has 0 N–H and O–H groups in total. The van der Waals surface area contributed by atoms with Gasteiger partial charge >= 0.3 is 5.97 Å². The Balaban J connectivity index is 1.98. The molecule has 4 rings (SSSR count). The normalized spacial score (nSPS) is 10.9. The minimum atomic E-state index is -0.427. The molecule has 0 saturated heterocycles. The van der Waals surface area contributed by atoms with Gasteiger partial charge in [0.1, 0.15) is 5.82 Å². The minimum Gasteiger partial charge on any atom is -0.462 e. The summed E-state index contributed by atoms with van der Waals surface area (Å²) in [5.41, 5.74) is 4.29. The highest BCUT2D eigenvalue weighted by Gasteiger charge is 2.24. The topological polar surface area (TPSA) is 43.6 Å². The lowest BCUT2D eigenvalue weighted by molar-refractivity contribution is 0.0525. The van der Waals surface area contributed by atoms with Crippen LogP contribution in [0.25, 0.3) is 16.6 Å². The number of aromatic nitrogens is 2. The first-order valence-electron chi connectivity index (χ1n) is 9.14. The fourth-order valence-electron chi connectivity index (χ4n) is 3.35. The number of carbonyl (C=O) groups is 1. The molecule has 0 amide bonds. The lowest BCUT2D eigenvalue weighted by Gasteiger charge is -2.16. The quantitative estimate of drug-likeness (QED) is 0.466. The summed E-state index contributed by atoms with van der Waals surface area (Å²) >= 11 is 0. The van der Waals surface area contributed by atoms with Crippen molar-refractivity contribution in [2.75, 3.05) is 6.61 Å². The zero-order valence-electron chi connectivity index (χ0n) is 15.4. The largest absolute Gasteiger partial charge is 0.462 e. The molecule has 0 unspecified atom stereocenters. The fraction of sp³-hybridized carbons (Fsp3) is 0.130. The highest BCUT2D eigenvalue weighted by molar-refractivity contribution is 6.03. The maximum Gasteiger partial charge on any atom is 0.340 e. The summed E-state index contributed by atoms with van der Waals surface area (Å²) in [7, 11) is 0. The van der Waals surface area contributed by atoms with Crippen molar-refractivity contribution in [3.8, 4) is 11.1 Å². The van der Waals surface area contributed by atoms with E-state index in [1.54, 1.807) is 23.6 Å². The van der Waals surface area contributed by atoms with Crippen LogP contribution in [-0.2, 0) is 11.2 Å². The van der Waals surface area contributed by atoms with Crippen LogP contribution in [0.15, 0.2) is 72.9 Å². The third-order valence-electron chi connectivity index (χ3n) is 4.58. The first-order valence-corrected chi connectivity index (χ1v) is 9.14.